The van der Waals surface area contributed by atoms with Crippen molar-refractivity contribution in [2.45, 2.75) is 26.8 Å². The third kappa shape index (κ3) is 2.77. The average Bonchev–Trinajstić information content (AvgIpc) is 2.87. The van der Waals surface area contributed by atoms with Gasteiger partial charge in [0.15, 0.2) is 0 Å². The lowest BCUT2D eigenvalue weighted by molar-refractivity contribution is 0.298. The summed E-state index contributed by atoms with van der Waals surface area (Å²) in [5.74, 6) is 1.95. The monoisotopic (exact) mass is 295 g/mol. The number of aromatic nitrogens is 2. The number of nitrogen functional groups attached to an aromatic ring is 1. The Hall–Kier alpha value is -2.49. The molecule has 4 heteroatoms. The summed E-state index contributed by atoms with van der Waals surface area (Å²) in [5, 5.41) is 0. The van der Waals surface area contributed by atoms with E-state index in [1.165, 1.54) is 5.56 Å². The van der Waals surface area contributed by atoms with Crippen molar-refractivity contribution in [3.63, 3.8) is 0 Å². The van der Waals surface area contributed by atoms with Gasteiger partial charge in [-0.15, -0.1) is 0 Å². The fourth-order valence-electron chi connectivity index (χ4n) is 2.70. The predicted octanol–water partition coefficient (Wildman–Crippen LogP) is 3.57. The molecular formula is C18H21N3O. The smallest absolute Gasteiger partial charge is 0.119 e. The van der Waals surface area contributed by atoms with Crippen LogP contribution < -0.4 is 10.5 Å². The molecule has 22 heavy (non-hydrogen) atoms. The van der Waals surface area contributed by atoms with E-state index in [1.54, 1.807) is 0 Å². The zero-order chi connectivity index (χ0) is 15.5. The van der Waals surface area contributed by atoms with E-state index < -0.39 is 0 Å². The van der Waals surface area contributed by atoms with Crippen molar-refractivity contribution in [2.24, 2.45) is 0 Å². The standard InChI is InChI=1S/C18H21N3O/c1-3-17-20-18-15(19)8-5-9-16(18)21(17)10-11-22-14-7-4-6-13(2)12-14/h4-9,12H,3,10-11,19H2,1-2H3. The molecule has 0 bridgehead atoms. The molecule has 3 rings (SSSR count). The summed E-state index contributed by atoms with van der Waals surface area (Å²) in [4.78, 5) is 4.65. The third-order valence-corrected chi connectivity index (χ3v) is 3.78. The fourth-order valence-corrected chi connectivity index (χ4v) is 2.70. The highest BCUT2D eigenvalue weighted by Crippen LogP contribution is 2.22. The molecule has 114 valence electrons. The number of hydrogen-bond acceptors (Lipinski definition) is 3. The lowest BCUT2D eigenvalue weighted by Gasteiger charge is -2.10. The number of nitrogens with two attached hydrogens (primary N) is 1. The highest BCUT2D eigenvalue weighted by Gasteiger charge is 2.11. The quantitative estimate of drug-likeness (QED) is 0.732. The first kappa shape index (κ1) is 14.4. The zero-order valence-electron chi connectivity index (χ0n) is 13.0. The summed E-state index contributed by atoms with van der Waals surface area (Å²) in [6.07, 6.45) is 0.874. The van der Waals surface area contributed by atoms with E-state index in [4.69, 9.17) is 10.5 Å². The van der Waals surface area contributed by atoms with Crippen molar-refractivity contribution in [2.75, 3.05) is 12.3 Å². The van der Waals surface area contributed by atoms with Gasteiger partial charge in [0, 0.05) is 6.42 Å². The normalized spacial score (nSPS) is 11.0. The van der Waals surface area contributed by atoms with Crippen LogP contribution in [0.15, 0.2) is 42.5 Å². The second-order valence-electron chi connectivity index (χ2n) is 5.41. The lowest BCUT2D eigenvalue weighted by atomic mass is 10.2. The van der Waals surface area contributed by atoms with Crippen molar-refractivity contribution < 1.29 is 4.74 Å². The number of hydrogen-bond donors (Lipinski definition) is 1. The van der Waals surface area contributed by atoms with Crippen LogP contribution >= 0.6 is 0 Å². The van der Waals surface area contributed by atoms with Gasteiger partial charge < -0.3 is 15.0 Å². The summed E-state index contributed by atoms with van der Waals surface area (Å²) in [6.45, 7) is 5.54. The van der Waals surface area contributed by atoms with Crippen molar-refractivity contribution in [3.05, 3.63) is 53.9 Å². The maximum Gasteiger partial charge on any atom is 0.119 e. The molecule has 0 aliphatic carbocycles. The number of imidazole rings is 1. The van der Waals surface area contributed by atoms with Gasteiger partial charge in [0.2, 0.25) is 0 Å². The van der Waals surface area contributed by atoms with Crippen LogP contribution in [0.4, 0.5) is 5.69 Å². The number of rotatable bonds is 5. The van der Waals surface area contributed by atoms with E-state index in [2.05, 4.69) is 35.5 Å². The van der Waals surface area contributed by atoms with E-state index in [1.807, 2.05) is 30.3 Å². The highest BCUT2D eigenvalue weighted by molar-refractivity contribution is 5.87. The number of anilines is 1. The number of nitrogens with zero attached hydrogens (tertiary/aromatic N) is 2. The van der Waals surface area contributed by atoms with E-state index in [-0.39, 0.29) is 0 Å². The molecule has 1 aromatic heterocycles. The minimum Gasteiger partial charge on any atom is -0.492 e. The molecule has 0 fully saturated rings. The van der Waals surface area contributed by atoms with Gasteiger partial charge in [-0.2, -0.15) is 0 Å². The first-order chi connectivity index (χ1) is 10.7. The maximum atomic E-state index is 6.02. The van der Waals surface area contributed by atoms with Gasteiger partial charge in [-0.3, -0.25) is 0 Å². The molecule has 0 amide bonds. The molecule has 0 aliphatic heterocycles. The minimum absolute atomic E-state index is 0.608. The number of fused-ring (bicyclic) bond motifs is 1. The first-order valence-electron chi connectivity index (χ1n) is 7.62. The SMILES string of the molecule is CCc1nc2c(N)cccc2n1CCOc1cccc(C)c1. The Bertz CT molecular complexity index is 792. The lowest BCUT2D eigenvalue weighted by Crippen LogP contribution is -2.10. The molecular weight excluding hydrogens is 274 g/mol. The highest BCUT2D eigenvalue weighted by atomic mass is 16.5. The van der Waals surface area contributed by atoms with Crippen LogP contribution in [0.25, 0.3) is 11.0 Å². The Morgan fingerprint density at radius 2 is 2.00 bits per heavy atom. The van der Waals surface area contributed by atoms with Gasteiger partial charge in [0.25, 0.3) is 0 Å². The van der Waals surface area contributed by atoms with Crippen LogP contribution in [0, 0.1) is 6.92 Å². The van der Waals surface area contributed by atoms with Crippen LogP contribution in [0.5, 0.6) is 5.75 Å². The van der Waals surface area contributed by atoms with Crippen molar-refractivity contribution in [1.82, 2.24) is 9.55 Å². The molecule has 3 aromatic rings. The summed E-state index contributed by atoms with van der Waals surface area (Å²) in [7, 11) is 0. The Kier molecular flexibility index (Phi) is 4.00. The van der Waals surface area contributed by atoms with Gasteiger partial charge in [-0.25, -0.2) is 4.98 Å². The predicted molar refractivity (Wildman–Crippen MR) is 90.2 cm³/mol. The second kappa shape index (κ2) is 6.10. The Labute approximate surface area is 130 Å². The molecule has 2 N–H and O–H groups in total. The molecule has 0 saturated heterocycles. The van der Waals surface area contributed by atoms with Gasteiger partial charge in [0.1, 0.15) is 23.7 Å². The number of ether oxygens (including phenoxy) is 1. The average molecular weight is 295 g/mol. The number of para-hydroxylation sites is 1. The van der Waals surface area contributed by atoms with Crippen molar-refractivity contribution in [1.29, 1.82) is 0 Å². The minimum atomic E-state index is 0.608. The molecule has 2 aromatic carbocycles. The maximum absolute atomic E-state index is 6.02. The zero-order valence-corrected chi connectivity index (χ0v) is 13.0. The van der Waals surface area contributed by atoms with Crippen molar-refractivity contribution in [3.8, 4) is 5.75 Å². The largest absolute Gasteiger partial charge is 0.492 e. The van der Waals surface area contributed by atoms with E-state index in [0.29, 0.717) is 6.61 Å². The van der Waals surface area contributed by atoms with Gasteiger partial charge in [-0.1, -0.05) is 25.1 Å². The van der Waals surface area contributed by atoms with Gasteiger partial charge in [0.05, 0.1) is 17.7 Å². The van der Waals surface area contributed by atoms with Crippen LogP contribution in [-0.4, -0.2) is 16.2 Å². The molecule has 4 nitrogen and oxygen atoms in total. The van der Waals surface area contributed by atoms with E-state index in [9.17, 15) is 0 Å². The number of benzene rings is 2. The van der Waals surface area contributed by atoms with Crippen molar-refractivity contribution >= 4 is 16.7 Å². The van der Waals surface area contributed by atoms with Crippen LogP contribution in [0.2, 0.25) is 0 Å². The summed E-state index contributed by atoms with van der Waals surface area (Å²) < 4.78 is 8.05. The topological polar surface area (TPSA) is 53.1 Å². The molecule has 0 radical (unpaired) electrons. The second-order valence-corrected chi connectivity index (χ2v) is 5.41. The van der Waals surface area contributed by atoms with E-state index in [0.717, 1.165) is 41.3 Å². The van der Waals surface area contributed by atoms with E-state index >= 15 is 0 Å². The Morgan fingerprint density at radius 3 is 2.77 bits per heavy atom. The Morgan fingerprint density at radius 1 is 1.18 bits per heavy atom. The van der Waals surface area contributed by atoms with Crippen LogP contribution in [0.1, 0.15) is 18.3 Å². The summed E-state index contributed by atoms with van der Waals surface area (Å²) in [6, 6.07) is 14.0. The summed E-state index contributed by atoms with van der Waals surface area (Å²) in [5.41, 5.74) is 9.91. The van der Waals surface area contributed by atoms with Gasteiger partial charge >= 0.3 is 0 Å². The fraction of sp³-hybridized carbons (Fsp3) is 0.278. The van der Waals surface area contributed by atoms with Crippen LogP contribution in [0.3, 0.4) is 0 Å². The molecule has 0 atom stereocenters. The van der Waals surface area contributed by atoms with Gasteiger partial charge in [-0.05, 0) is 36.8 Å². The number of aryl methyl sites for hydroxylation is 2. The Balaban J connectivity index is 1.80. The molecule has 0 aliphatic rings. The molecule has 0 unspecified atom stereocenters. The first-order valence-corrected chi connectivity index (χ1v) is 7.62. The third-order valence-electron chi connectivity index (χ3n) is 3.78. The molecule has 0 saturated carbocycles. The summed E-state index contributed by atoms with van der Waals surface area (Å²) >= 11 is 0. The van der Waals surface area contributed by atoms with Crippen LogP contribution in [-0.2, 0) is 13.0 Å². The molecule has 1 heterocycles. The molecule has 0 spiro atoms.